The quantitative estimate of drug-likeness (QED) is 0.587. The van der Waals surface area contributed by atoms with Crippen molar-refractivity contribution in [1.29, 1.82) is 0 Å². The molecule has 148 valence electrons. The van der Waals surface area contributed by atoms with Crippen molar-refractivity contribution in [3.63, 3.8) is 0 Å². The lowest BCUT2D eigenvalue weighted by Crippen LogP contribution is -2.64. The zero-order valence-electron chi connectivity index (χ0n) is 15.4. The van der Waals surface area contributed by atoms with Crippen LogP contribution in [0.3, 0.4) is 0 Å². The van der Waals surface area contributed by atoms with Crippen molar-refractivity contribution in [3.05, 3.63) is 57.3 Å². The summed E-state index contributed by atoms with van der Waals surface area (Å²) in [5, 5.41) is 40.3. The van der Waals surface area contributed by atoms with Gasteiger partial charge in [0.2, 0.25) is 5.79 Å². The van der Waals surface area contributed by atoms with Crippen LogP contribution in [0.5, 0.6) is 0 Å². The molecular formula is C20H26O6S. The van der Waals surface area contributed by atoms with Crippen molar-refractivity contribution < 1.29 is 29.9 Å². The second-order valence-electron chi connectivity index (χ2n) is 6.74. The Labute approximate surface area is 162 Å². The van der Waals surface area contributed by atoms with Gasteiger partial charge in [0.15, 0.2) is 0 Å². The highest BCUT2D eigenvalue weighted by molar-refractivity contribution is 7.12. The molecule has 2 aromatic rings. The predicted octanol–water partition coefficient (Wildman–Crippen LogP) is 1.17. The lowest BCUT2D eigenvalue weighted by atomic mass is 9.87. The first-order valence-corrected chi connectivity index (χ1v) is 9.81. The van der Waals surface area contributed by atoms with Gasteiger partial charge in [-0.05, 0) is 30.2 Å². The molecule has 5 atom stereocenters. The molecule has 1 aromatic heterocycles. The van der Waals surface area contributed by atoms with Gasteiger partial charge in [0, 0.05) is 28.8 Å². The molecule has 4 unspecified atom stereocenters. The fourth-order valence-electron chi connectivity index (χ4n) is 3.47. The van der Waals surface area contributed by atoms with Crippen LogP contribution in [-0.4, -0.2) is 58.6 Å². The van der Waals surface area contributed by atoms with Crippen LogP contribution in [0.4, 0.5) is 0 Å². The van der Waals surface area contributed by atoms with Crippen molar-refractivity contribution in [3.8, 4) is 0 Å². The maximum absolute atomic E-state index is 10.6. The van der Waals surface area contributed by atoms with Crippen LogP contribution in [0.15, 0.2) is 36.4 Å². The number of hydrogen-bond acceptors (Lipinski definition) is 7. The average Bonchev–Trinajstić information content (AvgIpc) is 3.14. The third-order valence-electron chi connectivity index (χ3n) is 5.03. The summed E-state index contributed by atoms with van der Waals surface area (Å²) in [7, 11) is 1.36. The molecule has 0 bridgehead atoms. The van der Waals surface area contributed by atoms with Crippen LogP contribution in [-0.2, 0) is 28.1 Å². The summed E-state index contributed by atoms with van der Waals surface area (Å²) in [5.41, 5.74) is 1.53. The van der Waals surface area contributed by atoms with Crippen LogP contribution in [0, 0.1) is 0 Å². The van der Waals surface area contributed by atoms with E-state index in [2.05, 4.69) is 19.1 Å². The van der Waals surface area contributed by atoms with Crippen molar-refractivity contribution in [2.24, 2.45) is 0 Å². The number of thiophene rings is 1. The van der Waals surface area contributed by atoms with Gasteiger partial charge in [-0.1, -0.05) is 25.1 Å². The van der Waals surface area contributed by atoms with Crippen molar-refractivity contribution in [2.45, 2.75) is 50.0 Å². The minimum atomic E-state index is -1.67. The molecule has 1 fully saturated rings. The molecule has 1 aromatic carbocycles. The molecule has 3 rings (SSSR count). The zero-order chi connectivity index (χ0) is 19.6. The molecule has 0 radical (unpaired) electrons. The van der Waals surface area contributed by atoms with Gasteiger partial charge in [-0.25, -0.2) is 0 Å². The fourth-order valence-corrected chi connectivity index (χ4v) is 4.47. The second-order valence-corrected chi connectivity index (χ2v) is 7.99. The van der Waals surface area contributed by atoms with Gasteiger partial charge in [-0.3, -0.25) is 0 Å². The van der Waals surface area contributed by atoms with Crippen LogP contribution < -0.4 is 0 Å². The Morgan fingerprint density at radius 3 is 2.48 bits per heavy atom. The number of rotatable bonds is 6. The number of aliphatic hydroxyl groups is 4. The first-order chi connectivity index (χ1) is 12.9. The normalized spacial score (nSPS) is 31.2. The highest BCUT2D eigenvalue weighted by Crippen LogP contribution is 2.39. The molecule has 2 heterocycles. The van der Waals surface area contributed by atoms with E-state index in [1.165, 1.54) is 16.9 Å². The van der Waals surface area contributed by atoms with E-state index in [0.717, 1.165) is 18.4 Å². The SMILES string of the molecule is CCc1ccc(Cc2cccc(C3(OC)OC(CO)[C@@H](O)C(O)C3O)c2)s1. The smallest absolute Gasteiger partial charge is 0.224 e. The number of aryl methyl sites for hydroxylation is 1. The summed E-state index contributed by atoms with van der Waals surface area (Å²) >= 11 is 1.76. The van der Waals surface area contributed by atoms with Gasteiger partial charge in [-0.15, -0.1) is 11.3 Å². The summed E-state index contributed by atoms with van der Waals surface area (Å²) in [6, 6.07) is 11.6. The zero-order valence-corrected chi connectivity index (χ0v) is 16.2. The molecule has 0 amide bonds. The monoisotopic (exact) mass is 394 g/mol. The minimum absolute atomic E-state index is 0.509. The van der Waals surface area contributed by atoms with E-state index in [1.54, 1.807) is 17.4 Å². The van der Waals surface area contributed by atoms with Gasteiger partial charge in [0.05, 0.1) is 6.61 Å². The summed E-state index contributed by atoms with van der Waals surface area (Å²) in [6.45, 7) is 1.61. The van der Waals surface area contributed by atoms with Crippen molar-refractivity contribution in [1.82, 2.24) is 0 Å². The first-order valence-electron chi connectivity index (χ1n) is 9.00. The van der Waals surface area contributed by atoms with E-state index in [-0.39, 0.29) is 0 Å². The molecule has 7 heteroatoms. The third kappa shape index (κ3) is 3.82. The van der Waals surface area contributed by atoms with Crippen molar-refractivity contribution in [2.75, 3.05) is 13.7 Å². The Morgan fingerprint density at radius 2 is 1.85 bits per heavy atom. The molecule has 4 N–H and O–H groups in total. The molecule has 0 aliphatic carbocycles. The number of hydrogen-bond donors (Lipinski definition) is 4. The lowest BCUT2D eigenvalue weighted by Gasteiger charge is -2.47. The Bertz CT molecular complexity index is 760. The highest BCUT2D eigenvalue weighted by atomic mass is 32.1. The van der Waals surface area contributed by atoms with Crippen molar-refractivity contribution >= 4 is 11.3 Å². The summed E-state index contributed by atoms with van der Waals surface area (Å²) in [6.07, 6.45) is -3.78. The van der Waals surface area contributed by atoms with Gasteiger partial charge in [-0.2, -0.15) is 0 Å². The Hall–Kier alpha value is -1.32. The maximum atomic E-state index is 10.6. The molecule has 1 saturated heterocycles. The number of ether oxygens (including phenoxy) is 2. The summed E-state index contributed by atoms with van der Waals surface area (Å²) in [5.74, 6) is -1.67. The first kappa shape index (κ1) is 20.4. The molecule has 27 heavy (non-hydrogen) atoms. The highest BCUT2D eigenvalue weighted by Gasteiger charge is 2.55. The molecule has 1 aliphatic rings. The Morgan fingerprint density at radius 1 is 1.11 bits per heavy atom. The fraction of sp³-hybridized carbons (Fsp3) is 0.500. The van der Waals surface area contributed by atoms with Gasteiger partial charge >= 0.3 is 0 Å². The van der Waals surface area contributed by atoms with Crippen LogP contribution >= 0.6 is 11.3 Å². The maximum Gasteiger partial charge on any atom is 0.224 e. The third-order valence-corrected chi connectivity index (χ3v) is 6.26. The van der Waals surface area contributed by atoms with Gasteiger partial charge in [0.1, 0.15) is 24.4 Å². The van der Waals surface area contributed by atoms with E-state index >= 15 is 0 Å². The lowest BCUT2D eigenvalue weighted by molar-refractivity contribution is -0.366. The second kappa shape index (κ2) is 8.36. The number of methoxy groups -OCH3 is 1. The number of benzene rings is 1. The molecule has 1 aliphatic heterocycles. The molecule has 6 nitrogen and oxygen atoms in total. The topological polar surface area (TPSA) is 99.4 Å². The van der Waals surface area contributed by atoms with E-state index < -0.39 is 36.8 Å². The molecular weight excluding hydrogens is 368 g/mol. The summed E-state index contributed by atoms with van der Waals surface area (Å²) in [4.78, 5) is 2.55. The van der Waals surface area contributed by atoms with E-state index in [9.17, 15) is 20.4 Å². The number of aliphatic hydroxyl groups excluding tert-OH is 4. The predicted molar refractivity (Wildman–Crippen MR) is 102 cm³/mol. The van der Waals surface area contributed by atoms with E-state index in [4.69, 9.17) is 9.47 Å². The Balaban J connectivity index is 1.93. The van der Waals surface area contributed by atoms with Crippen LogP contribution in [0.25, 0.3) is 0 Å². The summed E-state index contributed by atoms with van der Waals surface area (Å²) < 4.78 is 11.3. The van der Waals surface area contributed by atoms with E-state index in [1.807, 2.05) is 18.2 Å². The molecule has 0 spiro atoms. The van der Waals surface area contributed by atoms with Crippen LogP contribution in [0.1, 0.15) is 27.8 Å². The van der Waals surface area contributed by atoms with E-state index in [0.29, 0.717) is 5.56 Å². The van der Waals surface area contributed by atoms with Gasteiger partial charge in [0.25, 0.3) is 0 Å². The molecule has 0 saturated carbocycles. The van der Waals surface area contributed by atoms with Gasteiger partial charge < -0.3 is 29.9 Å². The standard InChI is InChI=1S/C20H26O6S/c1-3-14-7-8-15(27-14)10-12-5-4-6-13(9-12)20(25-2)19(24)18(23)17(22)16(11-21)26-20/h4-9,16-19,21-24H,3,10-11H2,1-2H3/t16?,17-,18?,19?,20?/m1/s1. The average molecular weight is 394 g/mol. The Kier molecular flexibility index (Phi) is 6.32. The van der Waals surface area contributed by atoms with Crippen LogP contribution in [0.2, 0.25) is 0 Å². The largest absolute Gasteiger partial charge is 0.394 e. The minimum Gasteiger partial charge on any atom is -0.394 e.